The smallest absolute Gasteiger partial charge is 0.310 e. The predicted molar refractivity (Wildman–Crippen MR) is 252 cm³/mol. The second kappa shape index (κ2) is 16.8. The van der Waals surface area contributed by atoms with E-state index in [1.165, 1.54) is 0 Å². The molecule has 0 saturated heterocycles. The van der Waals surface area contributed by atoms with Crippen molar-refractivity contribution in [2.45, 2.75) is 44.2 Å². The largest absolute Gasteiger partial charge is 0.437 e. The van der Waals surface area contributed by atoms with Gasteiger partial charge in [0.25, 0.3) is 0 Å². The Bertz CT molecular complexity index is 2800. The quantitative estimate of drug-likeness (QED) is 0.114. The number of para-hydroxylation sites is 2. The molecule has 0 spiro atoms. The zero-order valence-electron chi connectivity index (χ0n) is 35.0. The maximum atomic E-state index is 15.5. The van der Waals surface area contributed by atoms with E-state index >= 15 is 9.13 Å². The lowest BCUT2D eigenvalue weighted by Crippen LogP contribution is -2.24. The van der Waals surface area contributed by atoms with Gasteiger partial charge in [0.05, 0.1) is 23.8 Å². The minimum absolute atomic E-state index is 0.258. The minimum atomic E-state index is -3.68. The van der Waals surface area contributed by atoms with Crippen molar-refractivity contribution in [3.8, 4) is 33.8 Å². The Morgan fingerprint density at radius 1 is 0.413 bits per heavy atom. The van der Waals surface area contributed by atoms with Gasteiger partial charge in [-0.05, 0) is 68.8 Å². The number of hydrogen-bond acceptors (Lipinski definition) is 6. The highest BCUT2D eigenvalue weighted by atomic mass is 31.2. The fourth-order valence-corrected chi connectivity index (χ4v) is 13.9. The predicted octanol–water partition coefficient (Wildman–Crippen LogP) is 13.8. The number of fused-ring (bicyclic) bond motifs is 6. The van der Waals surface area contributed by atoms with Crippen molar-refractivity contribution in [1.82, 2.24) is 0 Å². The average molecular weight is 865 g/mol. The fourth-order valence-electron chi connectivity index (χ4n) is 8.80. The summed E-state index contributed by atoms with van der Waals surface area (Å²) < 4.78 is 57.6. The molecule has 2 aliphatic heterocycles. The molecule has 6 nitrogen and oxygen atoms in total. The lowest BCUT2D eigenvalue weighted by Gasteiger charge is -2.34. The lowest BCUT2D eigenvalue weighted by atomic mass is 9.78. The maximum Gasteiger partial charge on any atom is 0.310 e. The number of hydrogen-bond donors (Lipinski definition) is 0. The number of rotatable bonds is 12. The summed E-state index contributed by atoms with van der Waals surface area (Å²) in [5, 5.41) is 1.29. The number of benzene rings is 8. The topological polar surface area (TPSA) is 71.1 Å². The van der Waals surface area contributed by atoms with Crippen molar-refractivity contribution in [2.24, 2.45) is 0 Å². The summed E-state index contributed by atoms with van der Waals surface area (Å²) in [5.74, 6) is -0.594. The van der Waals surface area contributed by atoms with Gasteiger partial charge in [-0.2, -0.15) is 0 Å². The van der Waals surface area contributed by atoms with Crippen LogP contribution in [0.4, 0.5) is 0 Å². The summed E-state index contributed by atoms with van der Waals surface area (Å²) in [6.07, 6.45) is 0. The summed E-state index contributed by atoms with van der Waals surface area (Å²) in [7, 11) is -7.36. The van der Waals surface area contributed by atoms with E-state index in [2.05, 4.69) is 38.1 Å². The van der Waals surface area contributed by atoms with Crippen LogP contribution >= 0.6 is 14.7 Å². The van der Waals surface area contributed by atoms with Crippen LogP contribution in [0.1, 0.15) is 58.9 Å². The van der Waals surface area contributed by atoms with Gasteiger partial charge in [0.1, 0.15) is 11.5 Å². The van der Waals surface area contributed by atoms with Gasteiger partial charge in [-0.1, -0.05) is 196 Å². The van der Waals surface area contributed by atoms with Gasteiger partial charge < -0.3 is 18.5 Å². The Kier molecular flexibility index (Phi) is 10.9. The van der Waals surface area contributed by atoms with Gasteiger partial charge in [0, 0.05) is 16.5 Å². The van der Waals surface area contributed by atoms with E-state index in [0.29, 0.717) is 22.1 Å². The monoisotopic (exact) mass is 864 g/mol. The standard InChI is InChI=1S/C55H46O6P2/c1-55(2,43-33-29-41(30-34-43)53(58-37-39-17-5-3-6-18-39)62(56)51-27-15-11-23-47(51)45-21-9-13-25-49(45)60-62)44-35-31-42(32-36-44)54(59-38-40-19-7-4-8-20-40)63(57)52-28-16-12-24-48(52)46-22-10-14-26-50(46)61-63/h3-36,53-54H,37-38H2,1-2H3. The van der Waals surface area contributed by atoms with E-state index in [0.717, 1.165) is 55.6 Å². The van der Waals surface area contributed by atoms with Crippen LogP contribution in [-0.2, 0) is 37.2 Å². The summed E-state index contributed by atoms with van der Waals surface area (Å²) in [4.78, 5) is 0. The molecule has 2 aliphatic rings. The molecule has 0 radical (unpaired) electrons. The maximum absolute atomic E-state index is 15.5. The zero-order valence-corrected chi connectivity index (χ0v) is 36.8. The molecule has 63 heavy (non-hydrogen) atoms. The van der Waals surface area contributed by atoms with Crippen LogP contribution in [0.15, 0.2) is 206 Å². The van der Waals surface area contributed by atoms with Crippen molar-refractivity contribution >= 4 is 25.3 Å². The summed E-state index contributed by atoms with van der Waals surface area (Å²) in [5.41, 5.74) is 8.72. The first-order valence-corrected chi connectivity index (χ1v) is 24.6. The summed E-state index contributed by atoms with van der Waals surface area (Å²) in [6.45, 7) is 4.88. The molecule has 4 atom stereocenters. The molecule has 0 aliphatic carbocycles. The van der Waals surface area contributed by atoms with Crippen LogP contribution in [0.3, 0.4) is 0 Å². The van der Waals surface area contributed by atoms with Crippen molar-refractivity contribution < 1.29 is 27.7 Å². The molecule has 0 amide bonds. The minimum Gasteiger partial charge on any atom is -0.437 e. The van der Waals surface area contributed by atoms with Crippen LogP contribution in [0, 0.1) is 0 Å². The third-order valence-electron chi connectivity index (χ3n) is 12.3. The van der Waals surface area contributed by atoms with Crippen LogP contribution in [0.5, 0.6) is 11.5 Å². The molecule has 4 unspecified atom stereocenters. The van der Waals surface area contributed by atoms with Gasteiger partial charge in [-0.25, -0.2) is 0 Å². The van der Waals surface area contributed by atoms with Gasteiger partial charge in [-0.15, -0.1) is 0 Å². The molecular weight excluding hydrogens is 819 g/mol. The normalized spacial score (nSPS) is 18.3. The molecule has 0 bridgehead atoms. The van der Waals surface area contributed by atoms with Crippen molar-refractivity contribution in [2.75, 3.05) is 0 Å². The molecule has 0 aromatic heterocycles. The summed E-state index contributed by atoms with van der Waals surface area (Å²) in [6, 6.07) is 67.3. The Morgan fingerprint density at radius 3 is 1.14 bits per heavy atom. The summed E-state index contributed by atoms with van der Waals surface area (Å²) >= 11 is 0. The first-order valence-electron chi connectivity index (χ1n) is 21.2. The molecule has 10 rings (SSSR count). The second-order valence-electron chi connectivity index (χ2n) is 16.6. The molecule has 0 fully saturated rings. The molecule has 312 valence electrons. The highest BCUT2D eigenvalue weighted by molar-refractivity contribution is 7.68. The SMILES string of the molecule is CC(C)(c1ccc(C(OCc2ccccc2)P2(=O)Oc3ccccc3-c3ccccc32)cc1)c1ccc(C(OCc2ccccc2)P2(=O)Oc3ccccc3-c3ccccc32)cc1. The van der Waals surface area contributed by atoms with Gasteiger partial charge in [0.2, 0.25) is 0 Å². The Balaban J connectivity index is 0.978. The fraction of sp³-hybridized carbons (Fsp3) is 0.127. The van der Waals surface area contributed by atoms with Crippen LogP contribution in [-0.4, -0.2) is 0 Å². The second-order valence-corrected chi connectivity index (χ2v) is 21.2. The third-order valence-corrected chi connectivity index (χ3v) is 17.4. The molecule has 8 heteroatoms. The van der Waals surface area contributed by atoms with Crippen LogP contribution < -0.4 is 19.7 Å². The molecule has 8 aromatic carbocycles. The third kappa shape index (κ3) is 7.58. The highest BCUT2D eigenvalue weighted by Crippen LogP contribution is 2.65. The van der Waals surface area contributed by atoms with Gasteiger partial charge in [-0.3, -0.25) is 9.13 Å². The number of ether oxygens (including phenoxy) is 2. The molecule has 2 heterocycles. The van der Waals surface area contributed by atoms with E-state index in [1.807, 2.05) is 182 Å². The van der Waals surface area contributed by atoms with E-state index in [9.17, 15) is 0 Å². The Morgan fingerprint density at radius 2 is 0.746 bits per heavy atom. The van der Waals surface area contributed by atoms with E-state index in [-0.39, 0.29) is 13.2 Å². The molecular formula is C55H46O6P2. The van der Waals surface area contributed by atoms with Crippen LogP contribution in [0.25, 0.3) is 22.3 Å². The van der Waals surface area contributed by atoms with Crippen molar-refractivity contribution in [3.05, 3.63) is 240 Å². The molecule has 8 aromatic rings. The molecule has 0 saturated carbocycles. The zero-order chi connectivity index (χ0) is 43.0. The van der Waals surface area contributed by atoms with Crippen molar-refractivity contribution in [1.29, 1.82) is 0 Å². The Hall–Kier alpha value is -6.26. The van der Waals surface area contributed by atoms with Gasteiger partial charge in [0.15, 0.2) is 11.7 Å². The lowest BCUT2D eigenvalue weighted by molar-refractivity contribution is 0.0857. The van der Waals surface area contributed by atoms with Gasteiger partial charge >= 0.3 is 14.7 Å². The van der Waals surface area contributed by atoms with Crippen molar-refractivity contribution in [3.63, 3.8) is 0 Å². The average Bonchev–Trinajstić information content (AvgIpc) is 3.33. The first-order chi connectivity index (χ1) is 30.7. The van der Waals surface area contributed by atoms with E-state index in [4.69, 9.17) is 18.5 Å². The molecule has 0 N–H and O–H groups in total. The highest BCUT2D eigenvalue weighted by Gasteiger charge is 2.46. The van der Waals surface area contributed by atoms with Crippen LogP contribution in [0.2, 0.25) is 0 Å². The van der Waals surface area contributed by atoms with E-state index < -0.39 is 31.8 Å². The van der Waals surface area contributed by atoms with E-state index in [1.54, 1.807) is 0 Å². The Labute approximate surface area is 369 Å². The first kappa shape index (κ1) is 40.8.